The number of para-hydroxylation sites is 3. The molecule has 0 fully saturated rings. The maximum atomic E-state index is 12.6. The second-order valence-corrected chi connectivity index (χ2v) is 22.6. The molecule has 9 heteroatoms. The van der Waals surface area contributed by atoms with E-state index in [0.29, 0.717) is 33.8 Å². The quantitative estimate of drug-likeness (QED) is 0.176. The van der Waals surface area contributed by atoms with Crippen molar-refractivity contribution < 1.29 is 0 Å². The lowest BCUT2D eigenvalue weighted by Crippen LogP contribution is -2.14. The second kappa shape index (κ2) is 15.5. The molecule has 0 spiro atoms. The van der Waals surface area contributed by atoms with E-state index in [-0.39, 0.29) is 0 Å². The summed E-state index contributed by atoms with van der Waals surface area (Å²) in [6.07, 6.45) is 3.57. The van der Waals surface area contributed by atoms with Crippen LogP contribution in [0.15, 0.2) is 207 Å². The van der Waals surface area contributed by atoms with Crippen LogP contribution in [-0.4, -0.2) is 18.7 Å². The number of fused-ring (bicyclic) bond motifs is 21. The van der Waals surface area contributed by atoms with Gasteiger partial charge in [0.1, 0.15) is 17.7 Å². The number of hydrogen-bond donors (Lipinski definition) is 0. The van der Waals surface area contributed by atoms with Crippen molar-refractivity contribution in [3.63, 3.8) is 0 Å². The van der Waals surface area contributed by atoms with E-state index in [4.69, 9.17) is 0 Å². The smallest absolute Gasteiger partial charge is 0.104 e. The Morgan fingerprint density at radius 3 is 1.05 bits per heavy atom. The highest BCUT2D eigenvalue weighted by Crippen LogP contribution is 2.52. The lowest BCUT2D eigenvalue weighted by atomic mass is 9.91. The van der Waals surface area contributed by atoms with Crippen molar-refractivity contribution in [3.05, 3.63) is 218 Å². The highest BCUT2D eigenvalue weighted by Gasteiger charge is 2.34. The van der Waals surface area contributed by atoms with Crippen molar-refractivity contribution in [2.24, 2.45) is 0 Å². The minimum absolute atomic E-state index is 0.438. The lowest BCUT2D eigenvalue weighted by molar-refractivity contribution is 1.06. The number of aromatic nitrogens is 4. The molecule has 350 valence electrons. The van der Waals surface area contributed by atoms with Gasteiger partial charge in [-0.25, -0.2) is 0 Å². The molecule has 17 aromatic rings. The summed E-state index contributed by atoms with van der Waals surface area (Å²) in [6, 6.07) is 74.8. The van der Waals surface area contributed by atoms with Crippen molar-refractivity contribution in [2.75, 3.05) is 0 Å². The molecule has 7 heterocycles. The minimum Gasteiger partial charge on any atom is -0.307 e. The van der Waals surface area contributed by atoms with Gasteiger partial charge in [0.05, 0.1) is 55.7 Å². The predicted octanol–water partition coefficient (Wildman–Crippen LogP) is 18.9. The van der Waals surface area contributed by atoms with E-state index in [2.05, 4.69) is 213 Å². The molecular weight excluding hydrogens is 985 g/mol. The number of hydrogen-bond acceptors (Lipinski definition) is 6. The molecule has 10 aromatic carbocycles. The van der Waals surface area contributed by atoms with Crippen molar-refractivity contribution in [1.82, 2.24) is 18.7 Å². The summed E-state index contributed by atoms with van der Waals surface area (Å²) >= 11 is 5.40. The third-order valence-corrected chi connectivity index (χ3v) is 19.4. The molecule has 0 amide bonds. The number of rotatable bonds is 4. The molecule has 0 saturated heterocycles. The molecule has 0 radical (unpaired) electrons. The fourth-order valence-electron chi connectivity index (χ4n) is 12.8. The van der Waals surface area contributed by atoms with Gasteiger partial charge in [-0.05, 0) is 72.3 Å². The standard InChI is InChI=1S/C67H34N6S3/c68-35-47-58(37-31-33-70-34-32-37)62(71-49-19-7-1-16-44(49)59-52(71)28-25-41-38-13-4-10-22-55(38)74-65(41)59)48(36-69)64(73-51-21-9-3-18-46(51)61-54(73)30-27-43-40-15-6-12-24-57(40)76-67(43)61)63(47)72-50-20-8-2-17-45(50)60-53(72)29-26-42-39-14-5-11-23-56(39)75-66(42)60/h1-34H. The van der Waals surface area contributed by atoms with Gasteiger partial charge < -0.3 is 13.7 Å². The second-order valence-electron chi connectivity index (χ2n) is 19.5. The number of nitriles is 2. The van der Waals surface area contributed by atoms with Gasteiger partial charge in [-0.15, -0.1) is 34.0 Å². The Kier molecular flexibility index (Phi) is 8.51. The van der Waals surface area contributed by atoms with E-state index < -0.39 is 0 Å². The molecule has 0 aliphatic carbocycles. The van der Waals surface area contributed by atoms with Crippen LogP contribution in [0.25, 0.3) is 154 Å². The van der Waals surface area contributed by atoms with Crippen LogP contribution in [0, 0.1) is 22.7 Å². The van der Waals surface area contributed by atoms with E-state index in [1.54, 1.807) is 46.4 Å². The number of thiophene rings is 3. The summed E-state index contributed by atoms with van der Waals surface area (Å²) < 4.78 is 14.1. The highest BCUT2D eigenvalue weighted by atomic mass is 32.1. The van der Waals surface area contributed by atoms with Gasteiger partial charge in [0.15, 0.2) is 0 Å². The van der Waals surface area contributed by atoms with Gasteiger partial charge >= 0.3 is 0 Å². The minimum atomic E-state index is 0.438. The van der Waals surface area contributed by atoms with E-state index in [0.717, 1.165) is 71.0 Å². The summed E-state index contributed by atoms with van der Waals surface area (Å²) in [5.74, 6) is 0. The zero-order valence-electron chi connectivity index (χ0n) is 40.0. The zero-order chi connectivity index (χ0) is 49.9. The molecule has 7 aromatic heterocycles. The van der Waals surface area contributed by atoms with Gasteiger partial charge in [-0.2, -0.15) is 10.5 Å². The largest absolute Gasteiger partial charge is 0.307 e. The molecule has 6 nitrogen and oxygen atoms in total. The fourth-order valence-corrected chi connectivity index (χ4v) is 16.6. The number of pyridine rings is 1. The fraction of sp³-hybridized carbons (Fsp3) is 0. The lowest BCUT2D eigenvalue weighted by Gasteiger charge is -2.26. The first-order chi connectivity index (χ1) is 37.7. The third kappa shape index (κ3) is 5.38. The molecular formula is C67H34N6S3. The zero-order valence-corrected chi connectivity index (χ0v) is 42.5. The average Bonchev–Trinajstić information content (AvgIpc) is 4.44. The van der Waals surface area contributed by atoms with Gasteiger partial charge in [-0.3, -0.25) is 4.98 Å². The van der Waals surface area contributed by atoms with Crippen molar-refractivity contribution in [2.45, 2.75) is 0 Å². The predicted molar refractivity (Wildman–Crippen MR) is 321 cm³/mol. The normalized spacial score (nSPS) is 12.2. The molecule has 0 bridgehead atoms. The van der Waals surface area contributed by atoms with Crippen LogP contribution in [0.4, 0.5) is 0 Å². The van der Waals surface area contributed by atoms with Crippen LogP contribution in [0.5, 0.6) is 0 Å². The summed E-state index contributed by atoms with van der Waals surface area (Å²) in [4.78, 5) is 4.52. The summed E-state index contributed by atoms with van der Waals surface area (Å²) in [6.45, 7) is 0. The Labute approximate surface area is 444 Å². The molecule has 0 atom stereocenters. The first kappa shape index (κ1) is 41.8. The van der Waals surface area contributed by atoms with E-state index in [1.807, 2.05) is 12.1 Å². The van der Waals surface area contributed by atoms with Crippen molar-refractivity contribution in [3.8, 4) is 40.3 Å². The van der Waals surface area contributed by atoms with Gasteiger partial charge in [0.2, 0.25) is 0 Å². The first-order valence-corrected chi connectivity index (χ1v) is 27.6. The molecule has 0 aliphatic rings. The van der Waals surface area contributed by atoms with Crippen LogP contribution < -0.4 is 0 Å². The van der Waals surface area contributed by atoms with E-state index in [9.17, 15) is 10.5 Å². The Morgan fingerprint density at radius 2 is 0.658 bits per heavy atom. The topological polar surface area (TPSA) is 75.3 Å². The van der Waals surface area contributed by atoms with E-state index >= 15 is 0 Å². The van der Waals surface area contributed by atoms with Crippen molar-refractivity contribution in [1.29, 1.82) is 10.5 Å². The Hall–Kier alpha value is -9.61. The van der Waals surface area contributed by atoms with Crippen LogP contribution in [0.3, 0.4) is 0 Å². The molecule has 17 rings (SSSR count). The maximum absolute atomic E-state index is 12.6. The van der Waals surface area contributed by atoms with Gasteiger partial charge in [0, 0.05) is 111 Å². The molecule has 0 saturated carbocycles. The first-order valence-electron chi connectivity index (χ1n) is 25.1. The SMILES string of the molecule is N#Cc1c(-c2ccncc2)c(-n2c3ccccc3c3c4sc5ccccc5c4ccc32)c(C#N)c(-n2c3ccccc3c3c4sc5ccccc5c4ccc32)c1-n1c2ccccc2c2c3sc4ccccc4c3ccc21. The van der Waals surface area contributed by atoms with Crippen LogP contribution in [0.1, 0.15) is 11.1 Å². The Morgan fingerprint density at radius 1 is 0.316 bits per heavy atom. The van der Waals surface area contributed by atoms with Gasteiger partial charge in [-0.1, -0.05) is 127 Å². The monoisotopic (exact) mass is 1020 g/mol. The number of nitrogens with zero attached hydrogens (tertiary/aromatic N) is 6. The maximum Gasteiger partial charge on any atom is 0.104 e. The molecule has 76 heavy (non-hydrogen) atoms. The summed E-state index contributed by atoms with van der Waals surface area (Å²) in [5.41, 5.74) is 9.88. The van der Waals surface area contributed by atoms with Crippen LogP contribution in [-0.2, 0) is 0 Å². The van der Waals surface area contributed by atoms with Crippen LogP contribution in [0.2, 0.25) is 0 Å². The molecule has 0 aliphatic heterocycles. The van der Waals surface area contributed by atoms with Crippen LogP contribution >= 0.6 is 34.0 Å². The Bertz CT molecular complexity index is 5510. The van der Waals surface area contributed by atoms with E-state index in [1.165, 1.54) is 60.5 Å². The third-order valence-electron chi connectivity index (χ3n) is 15.8. The molecule has 0 N–H and O–H groups in total. The summed E-state index contributed by atoms with van der Waals surface area (Å²) in [5, 5.41) is 38.9. The summed E-state index contributed by atoms with van der Waals surface area (Å²) in [7, 11) is 0. The Balaban J connectivity index is 1.14. The van der Waals surface area contributed by atoms with Crippen molar-refractivity contribution >= 4 is 160 Å². The van der Waals surface area contributed by atoms with Gasteiger partial charge in [0.25, 0.3) is 0 Å². The average molecular weight is 1020 g/mol. The number of benzene rings is 10. The molecule has 0 unspecified atom stereocenters. The highest BCUT2D eigenvalue weighted by molar-refractivity contribution is 7.27.